The summed E-state index contributed by atoms with van der Waals surface area (Å²) in [6.45, 7) is 0.957. The van der Waals surface area contributed by atoms with Crippen molar-refractivity contribution in [2.75, 3.05) is 19.0 Å². The summed E-state index contributed by atoms with van der Waals surface area (Å²) >= 11 is 3.35. The summed E-state index contributed by atoms with van der Waals surface area (Å²) in [6.07, 6.45) is 1.55. The first-order chi connectivity index (χ1) is 9.62. The first-order valence-electron chi connectivity index (χ1n) is 5.88. The number of hydrogen-bond donors (Lipinski definition) is 2. The smallest absolute Gasteiger partial charge is 0.277 e. The lowest BCUT2D eigenvalue weighted by Gasteiger charge is -2.06. The predicted octanol–water partition coefficient (Wildman–Crippen LogP) is 1.26. The number of ether oxygens (including phenoxy) is 1. The second-order valence-electron chi connectivity index (χ2n) is 3.99. The molecule has 3 N–H and O–H groups in total. The third-order valence-corrected chi connectivity index (χ3v) is 2.95. The molecule has 0 bridgehead atoms. The average Bonchev–Trinajstić information content (AvgIpc) is 2.87. The molecule has 0 fully saturated rings. The van der Waals surface area contributed by atoms with E-state index in [0.717, 1.165) is 4.47 Å². The molecule has 0 atom stereocenters. The predicted molar refractivity (Wildman–Crippen MR) is 77.7 cm³/mol. The second kappa shape index (κ2) is 6.49. The summed E-state index contributed by atoms with van der Waals surface area (Å²) in [7, 11) is 1.56. The molecule has 1 aromatic carbocycles. The van der Waals surface area contributed by atoms with E-state index in [4.69, 9.17) is 10.5 Å². The lowest BCUT2D eigenvalue weighted by Crippen LogP contribution is -2.13. The number of halogens is 1. The van der Waals surface area contributed by atoms with Crippen LogP contribution in [0.3, 0.4) is 0 Å². The molecule has 0 saturated heterocycles. The molecule has 0 aliphatic carbocycles. The highest BCUT2D eigenvalue weighted by Gasteiger charge is 2.11. The van der Waals surface area contributed by atoms with Crippen molar-refractivity contribution in [2.24, 2.45) is 5.73 Å². The topological polar surface area (TPSA) is 95.1 Å². The largest absolute Gasteiger partial charge is 0.497 e. The molecule has 20 heavy (non-hydrogen) atoms. The quantitative estimate of drug-likeness (QED) is 0.854. The molecule has 0 unspecified atom stereocenters. The van der Waals surface area contributed by atoms with Gasteiger partial charge in [0, 0.05) is 22.8 Å². The maximum absolute atomic E-state index is 12.0. The van der Waals surface area contributed by atoms with Crippen molar-refractivity contribution in [1.82, 2.24) is 15.0 Å². The number of hydrogen-bond acceptors (Lipinski definition) is 5. The van der Waals surface area contributed by atoms with E-state index in [1.807, 2.05) is 0 Å². The fourth-order valence-electron chi connectivity index (χ4n) is 1.59. The Morgan fingerprint density at radius 2 is 2.30 bits per heavy atom. The van der Waals surface area contributed by atoms with Gasteiger partial charge in [-0.3, -0.25) is 9.48 Å². The Morgan fingerprint density at radius 3 is 3.00 bits per heavy atom. The minimum atomic E-state index is -0.339. The Morgan fingerprint density at radius 1 is 1.50 bits per heavy atom. The number of nitrogens with zero attached hydrogens (tertiary/aromatic N) is 3. The standard InChI is InChI=1S/C12H14BrN5O2/c1-20-10-5-8(13)4-9(6-10)15-12(19)11-7-18(3-2-14)17-16-11/h4-7H,2-3,14H2,1H3,(H,15,19). The van der Waals surface area contributed by atoms with Gasteiger partial charge in [-0.15, -0.1) is 5.10 Å². The molecule has 0 spiro atoms. The van der Waals surface area contributed by atoms with Crippen LogP contribution in [0.5, 0.6) is 5.75 Å². The molecule has 2 aromatic rings. The highest BCUT2D eigenvalue weighted by Crippen LogP contribution is 2.24. The summed E-state index contributed by atoms with van der Waals surface area (Å²) in [6, 6.07) is 5.28. The van der Waals surface area contributed by atoms with E-state index < -0.39 is 0 Å². The number of carbonyl (C=O) groups excluding carboxylic acids is 1. The van der Waals surface area contributed by atoms with Gasteiger partial charge >= 0.3 is 0 Å². The van der Waals surface area contributed by atoms with E-state index in [9.17, 15) is 4.79 Å². The Hall–Kier alpha value is -1.93. The molecule has 106 valence electrons. The Balaban J connectivity index is 2.12. The van der Waals surface area contributed by atoms with Gasteiger partial charge in [0.1, 0.15) is 5.75 Å². The van der Waals surface area contributed by atoms with Crippen LogP contribution in [0.1, 0.15) is 10.5 Å². The van der Waals surface area contributed by atoms with Gasteiger partial charge in [-0.05, 0) is 12.1 Å². The Kier molecular flexibility index (Phi) is 4.70. The summed E-state index contributed by atoms with van der Waals surface area (Å²) in [5, 5.41) is 10.3. The molecule has 0 radical (unpaired) electrons. The van der Waals surface area contributed by atoms with Gasteiger partial charge in [0.2, 0.25) is 0 Å². The summed E-state index contributed by atoms with van der Waals surface area (Å²) in [5.74, 6) is 0.301. The first-order valence-corrected chi connectivity index (χ1v) is 6.68. The van der Waals surface area contributed by atoms with Gasteiger partial charge in [0.15, 0.2) is 5.69 Å². The van der Waals surface area contributed by atoms with Crippen molar-refractivity contribution < 1.29 is 9.53 Å². The summed E-state index contributed by atoms with van der Waals surface area (Å²) < 4.78 is 7.46. The maximum Gasteiger partial charge on any atom is 0.277 e. The lowest BCUT2D eigenvalue weighted by molar-refractivity contribution is 0.102. The normalized spacial score (nSPS) is 10.3. The molecule has 1 aromatic heterocycles. The third kappa shape index (κ3) is 3.55. The van der Waals surface area contributed by atoms with E-state index >= 15 is 0 Å². The minimum absolute atomic E-state index is 0.234. The molecule has 0 aliphatic rings. The van der Waals surface area contributed by atoms with Crippen LogP contribution >= 0.6 is 15.9 Å². The van der Waals surface area contributed by atoms with Gasteiger partial charge in [0.05, 0.1) is 19.9 Å². The average molecular weight is 340 g/mol. The molecule has 2 rings (SSSR count). The number of carbonyl (C=O) groups is 1. The third-order valence-electron chi connectivity index (χ3n) is 2.49. The zero-order chi connectivity index (χ0) is 14.5. The second-order valence-corrected chi connectivity index (χ2v) is 4.91. The Labute approximate surface area is 124 Å². The molecule has 8 heteroatoms. The molecule has 7 nitrogen and oxygen atoms in total. The van der Waals surface area contributed by atoms with Gasteiger partial charge < -0.3 is 15.8 Å². The number of aromatic nitrogens is 3. The zero-order valence-corrected chi connectivity index (χ0v) is 12.4. The van der Waals surface area contributed by atoms with Crippen molar-refractivity contribution >= 4 is 27.5 Å². The minimum Gasteiger partial charge on any atom is -0.497 e. The first kappa shape index (κ1) is 14.5. The molecule has 1 heterocycles. The van der Waals surface area contributed by atoms with Crippen LogP contribution in [-0.4, -0.2) is 34.6 Å². The van der Waals surface area contributed by atoms with E-state index in [2.05, 4.69) is 31.6 Å². The molecular formula is C12H14BrN5O2. The van der Waals surface area contributed by atoms with Crippen LogP contribution in [0.2, 0.25) is 0 Å². The van der Waals surface area contributed by atoms with Crippen LogP contribution in [-0.2, 0) is 6.54 Å². The lowest BCUT2D eigenvalue weighted by atomic mass is 10.3. The summed E-state index contributed by atoms with van der Waals surface area (Å²) in [4.78, 5) is 12.0. The van der Waals surface area contributed by atoms with E-state index in [1.54, 1.807) is 31.5 Å². The highest BCUT2D eigenvalue weighted by atomic mass is 79.9. The van der Waals surface area contributed by atoms with Crippen molar-refractivity contribution in [1.29, 1.82) is 0 Å². The van der Waals surface area contributed by atoms with E-state index in [1.165, 1.54) is 4.68 Å². The molecule has 0 aliphatic heterocycles. The Bertz CT molecular complexity index is 614. The number of benzene rings is 1. The van der Waals surface area contributed by atoms with Crippen molar-refractivity contribution in [3.63, 3.8) is 0 Å². The van der Waals surface area contributed by atoms with Crippen LogP contribution in [0, 0.1) is 0 Å². The zero-order valence-electron chi connectivity index (χ0n) is 10.8. The van der Waals surface area contributed by atoms with Crippen molar-refractivity contribution in [3.8, 4) is 5.75 Å². The van der Waals surface area contributed by atoms with Crippen LogP contribution in [0.4, 0.5) is 5.69 Å². The van der Waals surface area contributed by atoms with Crippen molar-refractivity contribution in [3.05, 3.63) is 34.6 Å². The molecular weight excluding hydrogens is 326 g/mol. The highest BCUT2D eigenvalue weighted by molar-refractivity contribution is 9.10. The number of methoxy groups -OCH3 is 1. The fourth-order valence-corrected chi connectivity index (χ4v) is 2.06. The van der Waals surface area contributed by atoms with Crippen molar-refractivity contribution in [2.45, 2.75) is 6.54 Å². The monoisotopic (exact) mass is 339 g/mol. The number of rotatable bonds is 5. The number of nitrogens with one attached hydrogen (secondary N) is 1. The van der Waals surface area contributed by atoms with E-state index in [0.29, 0.717) is 24.5 Å². The number of anilines is 1. The fraction of sp³-hybridized carbons (Fsp3) is 0.250. The maximum atomic E-state index is 12.0. The van der Waals surface area contributed by atoms with Gasteiger partial charge in [-0.25, -0.2) is 0 Å². The summed E-state index contributed by atoms with van der Waals surface area (Å²) in [5.41, 5.74) is 6.25. The SMILES string of the molecule is COc1cc(Br)cc(NC(=O)c2cn(CCN)nn2)c1. The van der Waals surface area contributed by atoms with Crippen LogP contribution in [0.25, 0.3) is 0 Å². The van der Waals surface area contributed by atoms with Crippen LogP contribution < -0.4 is 15.8 Å². The van der Waals surface area contributed by atoms with Gasteiger partial charge in [-0.1, -0.05) is 21.1 Å². The number of nitrogens with two attached hydrogens (primary N) is 1. The van der Waals surface area contributed by atoms with Crippen LogP contribution in [0.15, 0.2) is 28.9 Å². The molecule has 0 saturated carbocycles. The van der Waals surface area contributed by atoms with E-state index in [-0.39, 0.29) is 11.6 Å². The van der Waals surface area contributed by atoms with Gasteiger partial charge in [-0.2, -0.15) is 0 Å². The number of amides is 1. The molecule has 1 amide bonds. The van der Waals surface area contributed by atoms with Gasteiger partial charge in [0.25, 0.3) is 5.91 Å².